The molecule has 0 radical (unpaired) electrons. The zero-order valence-corrected chi connectivity index (χ0v) is 13.8. The summed E-state index contributed by atoms with van der Waals surface area (Å²) in [4.78, 5) is 15.1. The summed E-state index contributed by atoms with van der Waals surface area (Å²) >= 11 is 6.16. The Labute approximate surface area is 131 Å². The van der Waals surface area contributed by atoms with Gasteiger partial charge in [-0.05, 0) is 31.3 Å². The highest BCUT2D eigenvalue weighted by atomic mass is 35.5. The van der Waals surface area contributed by atoms with Crippen molar-refractivity contribution in [1.29, 1.82) is 0 Å². The van der Waals surface area contributed by atoms with Gasteiger partial charge in [0.1, 0.15) is 0 Å². The molecule has 118 valence electrons. The predicted octanol–water partition coefficient (Wildman–Crippen LogP) is 3.41. The van der Waals surface area contributed by atoms with Crippen LogP contribution in [0.4, 0.5) is 5.69 Å². The maximum Gasteiger partial charge on any atom is 0.269 e. The quantitative estimate of drug-likeness (QED) is 0.518. The summed E-state index contributed by atoms with van der Waals surface area (Å²) < 4.78 is 0. The van der Waals surface area contributed by atoms with Crippen molar-refractivity contribution < 1.29 is 4.92 Å². The van der Waals surface area contributed by atoms with Gasteiger partial charge >= 0.3 is 0 Å². The highest BCUT2D eigenvalue weighted by Crippen LogP contribution is 2.23. The van der Waals surface area contributed by atoms with Crippen LogP contribution in [0, 0.1) is 10.1 Å². The lowest BCUT2D eigenvalue weighted by Crippen LogP contribution is -2.34. The number of halogens is 1. The zero-order valence-electron chi connectivity index (χ0n) is 13.0. The van der Waals surface area contributed by atoms with Crippen molar-refractivity contribution >= 4 is 17.3 Å². The van der Waals surface area contributed by atoms with Crippen LogP contribution in [0.15, 0.2) is 18.2 Å². The second-order valence-corrected chi connectivity index (χ2v) is 5.34. The predicted molar refractivity (Wildman–Crippen MR) is 86.8 cm³/mol. The highest BCUT2D eigenvalue weighted by Gasteiger charge is 2.13. The maximum absolute atomic E-state index is 10.9. The summed E-state index contributed by atoms with van der Waals surface area (Å²) in [6.45, 7) is 11.9. The van der Waals surface area contributed by atoms with Gasteiger partial charge in [0.2, 0.25) is 0 Å². The van der Waals surface area contributed by atoms with E-state index in [0.717, 1.165) is 38.3 Å². The van der Waals surface area contributed by atoms with Crippen molar-refractivity contribution in [2.45, 2.75) is 27.3 Å². The summed E-state index contributed by atoms with van der Waals surface area (Å²) in [5.74, 6) is 0. The molecule has 0 bridgehead atoms. The third kappa shape index (κ3) is 5.61. The first-order valence-corrected chi connectivity index (χ1v) is 7.77. The molecule has 5 nitrogen and oxygen atoms in total. The van der Waals surface area contributed by atoms with Crippen LogP contribution in [0.1, 0.15) is 26.3 Å². The van der Waals surface area contributed by atoms with Gasteiger partial charge in [0.25, 0.3) is 5.69 Å². The first-order chi connectivity index (χ1) is 10.0. The number of nitrogens with zero attached hydrogens (tertiary/aromatic N) is 3. The fourth-order valence-corrected chi connectivity index (χ4v) is 2.39. The minimum absolute atomic E-state index is 0.0918. The number of rotatable bonds is 9. The van der Waals surface area contributed by atoms with Crippen molar-refractivity contribution in [2.24, 2.45) is 0 Å². The molecule has 0 amide bonds. The molecule has 1 aromatic rings. The highest BCUT2D eigenvalue weighted by molar-refractivity contribution is 6.31. The number of likely N-dealkylation sites (N-methyl/N-ethyl adjacent to an activating group) is 2. The standard InChI is InChI=1S/C15H24ClN3O2/c1-4-17(5-2)9-10-18(6-3)12-13-11-14(19(20)21)7-8-15(13)16/h7-8,11H,4-6,9-10,12H2,1-3H3. The fraction of sp³-hybridized carbons (Fsp3) is 0.600. The molecule has 0 aliphatic heterocycles. The van der Waals surface area contributed by atoms with Crippen molar-refractivity contribution in [3.8, 4) is 0 Å². The summed E-state index contributed by atoms with van der Waals surface area (Å²) in [5.41, 5.74) is 0.904. The van der Waals surface area contributed by atoms with Crippen LogP contribution in [0.3, 0.4) is 0 Å². The number of hydrogen-bond acceptors (Lipinski definition) is 4. The number of nitro benzene ring substituents is 1. The van der Waals surface area contributed by atoms with Crippen LogP contribution in [-0.2, 0) is 6.54 Å². The Morgan fingerprint density at radius 1 is 1.10 bits per heavy atom. The fourth-order valence-electron chi connectivity index (χ4n) is 2.21. The zero-order chi connectivity index (χ0) is 15.8. The van der Waals surface area contributed by atoms with Crippen molar-refractivity contribution in [3.05, 3.63) is 38.9 Å². The second-order valence-electron chi connectivity index (χ2n) is 4.93. The molecule has 0 atom stereocenters. The van der Waals surface area contributed by atoms with Crippen LogP contribution < -0.4 is 0 Å². The van der Waals surface area contributed by atoms with E-state index < -0.39 is 0 Å². The van der Waals surface area contributed by atoms with E-state index in [1.165, 1.54) is 6.07 Å². The molecule has 1 rings (SSSR count). The molecule has 0 unspecified atom stereocenters. The lowest BCUT2D eigenvalue weighted by atomic mass is 10.2. The molecule has 21 heavy (non-hydrogen) atoms. The van der Waals surface area contributed by atoms with Gasteiger partial charge in [0, 0.05) is 36.8 Å². The first-order valence-electron chi connectivity index (χ1n) is 7.39. The molecule has 0 aromatic heterocycles. The lowest BCUT2D eigenvalue weighted by Gasteiger charge is -2.25. The van der Waals surface area contributed by atoms with E-state index in [9.17, 15) is 10.1 Å². The number of nitro groups is 1. The van der Waals surface area contributed by atoms with E-state index in [0.29, 0.717) is 11.6 Å². The van der Waals surface area contributed by atoms with Gasteiger partial charge in [-0.25, -0.2) is 0 Å². The molecule has 0 fully saturated rings. The monoisotopic (exact) mass is 313 g/mol. The van der Waals surface area contributed by atoms with E-state index in [-0.39, 0.29) is 10.6 Å². The smallest absolute Gasteiger partial charge is 0.269 e. The molecule has 6 heteroatoms. The number of benzene rings is 1. The Bertz CT molecular complexity index is 464. The summed E-state index contributed by atoms with van der Waals surface area (Å²) in [5, 5.41) is 11.4. The molecule has 1 aromatic carbocycles. The van der Waals surface area contributed by atoms with Gasteiger partial charge < -0.3 is 4.90 Å². The Balaban J connectivity index is 2.72. The van der Waals surface area contributed by atoms with Gasteiger partial charge in [-0.3, -0.25) is 15.0 Å². The van der Waals surface area contributed by atoms with Crippen LogP contribution in [-0.4, -0.2) is 47.4 Å². The summed E-state index contributed by atoms with van der Waals surface area (Å²) in [6, 6.07) is 4.62. The van der Waals surface area contributed by atoms with E-state index in [2.05, 4.69) is 30.6 Å². The lowest BCUT2D eigenvalue weighted by molar-refractivity contribution is -0.384. The van der Waals surface area contributed by atoms with Crippen LogP contribution in [0.25, 0.3) is 0 Å². The van der Waals surface area contributed by atoms with Crippen LogP contribution in [0.2, 0.25) is 5.02 Å². The molecule has 0 aliphatic carbocycles. The topological polar surface area (TPSA) is 49.6 Å². The Hall–Kier alpha value is -1.17. The van der Waals surface area contributed by atoms with Crippen molar-refractivity contribution in [1.82, 2.24) is 9.80 Å². The van der Waals surface area contributed by atoms with Gasteiger partial charge in [-0.1, -0.05) is 32.4 Å². The average molecular weight is 314 g/mol. The summed E-state index contributed by atoms with van der Waals surface area (Å²) in [6.07, 6.45) is 0. The van der Waals surface area contributed by atoms with Crippen molar-refractivity contribution in [2.75, 3.05) is 32.7 Å². The van der Waals surface area contributed by atoms with Gasteiger partial charge in [-0.2, -0.15) is 0 Å². The minimum Gasteiger partial charge on any atom is -0.303 e. The van der Waals surface area contributed by atoms with Gasteiger partial charge in [0.15, 0.2) is 0 Å². The van der Waals surface area contributed by atoms with E-state index in [1.807, 2.05) is 0 Å². The van der Waals surface area contributed by atoms with Gasteiger partial charge in [-0.15, -0.1) is 0 Å². The Morgan fingerprint density at radius 2 is 1.67 bits per heavy atom. The first kappa shape index (κ1) is 17.9. The largest absolute Gasteiger partial charge is 0.303 e. The van der Waals surface area contributed by atoms with Crippen LogP contribution in [0.5, 0.6) is 0 Å². The molecule has 0 saturated carbocycles. The molecular formula is C15H24ClN3O2. The molecular weight excluding hydrogens is 290 g/mol. The van der Waals surface area contributed by atoms with E-state index in [1.54, 1.807) is 12.1 Å². The van der Waals surface area contributed by atoms with Crippen LogP contribution >= 0.6 is 11.6 Å². The second kappa shape index (κ2) is 8.97. The molecule has 0 N–H and O–H groups in total. The van der Waals surface area contributed by atoms with Gasteiger partial charge in [0.05, 0.1) is 4.92 Å². The van der Waals surface area contributed by atoms with Crippen molar-refractivity contribution in [3.63, 3.8) is 0 Å². The van der Waals surface area contributed by atoms with E-state index >= 15 is 0 Å². The molecule has 0 aliphatic rings. The van der Waals surface area contributed by atoms with E-state index in [4.69, 9.17) is 11.6 Å². The molecule has 0 heterocycles. The maximum atomic E-state index is 10.9. The third-order valence-electron chi connectivity index (χ3n) is 3.71. The Morgan fingerprint density at radius 3 is 2.19 bits per heavy atom. The molecule has 0 saturated heterocycles. The molecule has 0 spiro atoms. The number of non-ortho nitro benzene ring substituents is 1. The average Bonchev–Trinajstić information content (AvgIpc) is 2.48. The Kier molecular flexibility index (Phi) is 7.64. The minimum atomic E-state index is -0.383. The number of hydrogen-bond donors (Lipinski definition) is 0. The summed E-state index contributed by atoms with van der Waals surface area (Å²) in [7, 11) is 0. The SMILES string of the molecule is CCN(CC)CCN(CC)Cc1cc([N+](=O)[O-])ccc1Cl. The normalized spacial score (nSPS) is 11.3. The third-order valence-corrected chi connectivity index (χ3v) is 4.08.